The van der Waals surface area contributed by atoms with Crippen LogP contribution in [0.5, 0.6) is 0 Å². The van der Waals surface area contributed by atoms with Gasteiger partial charge in [0.2, 0.25) is 0 Å². The lowest BCUT2D eigenvalue weighted by atomic mass is 10.0. The molecule has 0 aliphatic rings. The molecule has 5 nitrogen and oxygen atoms in total. The SMILES string of the molecule is CCCCCC(OP(=O)(OC)OF)C(O)CCC. The summed E-state index contributed by atoms with van der Waals surface area (Å²) in [5, 5.41) is 9.88. The predicted octanol–water partition coefficient (Wildman–Crippen LogP) is 3.77. The smallest absolute Gasteiger partial charge is 0.390 e. The van der Waals surface area contributed by atoms with Crippen LogP contribution in [0.25, 0.3) is 0 Å². The van der Waals surface area contributed by atoms with Crippen molar-refractivity contribution < 1.29 is 28.0 Å². The zero-order valence-corrected chi connectivity index (χ0v) is 12.2. The van der Waals surface area contributed by atoms with Crippen LogP contribution in [0.2, 0.25) is 0 Å². The van der Waals surface area contributed by atoms with Crippen molar-refractivity contribution in [3.63, 3.8) is 0 Å². The molecule has 0 amide bonds. The van der Waals surface area contributed by atoms with E-state index in [2.05, 4.69) is 9.25 Å². The fourth-order valence-electron chi connectivity index (χ4n) is 1.65. The van der Waals surface area contributed by atoms with Crippen molar-refractivity contribution in [2.45, 2.75) is 64.6 Å². The number of halogens is 1. The molecule has 0 bridgehead atoms. The summed E-state index contributed by atoms with van der Waals surface area (Å²) in [5.74, 6) is 0. The van der Waals surface area contributed by atoms with Gasteiger partial charge in [-0.25, -0.2) is 4.57 Å². The van der Waals surface area contributed by atoms with Crippen molar-refractivity contribution in [1.82, 2.24) is 0 Å². The maximum Gasteiger partial charge on any atom is 0.506 e. The summed E-state index contributed by atoms with van der Waals surface area (Å²) in [6.07, 6.45) is 2.98. The van der Waals surface area contributed by atoms with Crippen LogP contribution >= 0.6 is 7.82 Å². The summed E-state index contributed by atoms with van der Waals surface area (Å²) >= 11 is 0. The van der Waals surface area contributed by atoms with E-state index in [-0.39, 0.29) is 0 Å². The van der Waals surface area contributed by atoms with E-state index in [0.29, 0.717) is 12.8 Å². The number of rotatable bonds is 11. The van der Waals surface area contributed by atoms with Crippen LogP contribution in [0, 0.1) is 0 Å². The second-order valence-corrected chi connectivity index (χ2v) is 5.80. The number of hydrogen-bond acceptors (Lipinski definition) is 5. The van der Waals surface area contributed by atoms with Crippen LogP contribution in [-0.2, 0) is 18.3 Å². The Morgan fingerprint density at radius 3 is 2.33 bits per heavy atom. The van der Waals surface area contributed by atoms with Crippen LogP contribution in [0.4, 0.5) is 4.53 Å². The van der Waals surface area contributed by atoms with Gasteiger partial charge in [-0.15, -0.1) is 0 Å². The molecule has 0 aliphatic heterocycles. The number of aliphatic hydroxyl groups excluding tert-OH is 1. The first-order valence-corrected chi connectivity index (χ1v) is 7.81. The van der Waals surface area contributed by atoms with Crippen molar-refractivity contribution in [1.29, 1.82) is 0 Å². The average Bonchev–Trinajstić information content (AvgIpc) is 2.38. The summed E-state index contributed by atoms with van der Waals surface area (Å²) in [6, 6.07) is 0. The van der Waals surface area contributed by atoms with E-state index in [1.807, 2.05) is 13.8 Å². The van der Waals surface area contributed by atoms with Crippen molar-refractivity contribution in [3.8, 4) is 0 Å². The van der Waals surface area contributed by atoms with E-state index in [1.165, 1.54) is 0 Å². The Morgan fingerprint density at radius 2 is 1.89 bits per heavy atom. The van der Waals surface area contributed by atoms with Crippen LogP contribution in [0.15, 0.2) is 0 Å². The van der Waals surface area contributed by atoms with Crippen LogP contribution in [0.3, 0.4) is 0 Å². The Kier molecular flexibility index (Phi) is 9.87. The van der Waals surface area contributed by atoms with Gasteiger partial charge in [0.1, 0.15) is 0 Å². The van der Waals surface area contributed by atoms with E-state index in [9.17, 15) is 14.2 Å². The molecule has 110 valence electrons. The third-order valence-corrected chi connectivity index (χ3v) is 3.82. The molecule has 0 aliphatic carbocycles. The Morgan fingerprint density at radius 1 is 1.22 bits per heavy atom. The Labute approximate surface area is 108 Å². The van der Waals surface area contributed by atoms with Crippen molar-refractivity contribution >= 4 is 7.82 Å². The number of aliphatic hydroxyl groups is 1. The third kappa shape index (κ3) is 6.81. The van der Waals surface area contributed by atoms with Gasteiger partial charge in [-0.3, -0.25) is 9.05 Å². The lowest BCUT2D eigenvalue weighted by Crippen LogP contribution is -2.28. The highest BCUT2D eigenvalue weighted by Crippen LogP contribution is 2.51. The number of phosphoric acid groups is 1. The predicted molar refractivity (Wildman–Crippen MR) is 66.7 cm³/mol. The van der Waals surface area contributed by atoms with Crippen molar-refractivity contribution in [2.75, 3.05) is 7.11 Å². The van der Waals surface area contributed by atoms with Crippen molar-refractivity contribution in [3.05, 3.63) is 0 Å². The number of hydrogen-bond donors (Lipinski definition) is 1. The van der Waals surface area contributed by atoms with Gasteiger partial charge in [0, 0.05) is 7.11 Å². The molecular formula is C11H24FO5P. The van der Waals surface area contributed by atoms with Crippen LogP contribution in [0.1, 0.15) is 52.4 Å². The molecule has 0 rings (SSSR count). The summed E-state index contributed by atoms with van der Waals surface area (Å²) in [6.45, 7) is 3.96. The second kappa shape index (κ2) is 9.87. The molecule has 3 atom stereocenters. The quantitative estimate of drug-likeness (QED) is 0.462. The molecule has 0 saturated heterocycles. The molecule has 0 fully saturated rings. The fraction of sp³-hybridized carbons (Fsp3) is 1.00. The molecule has 0 spiro atoms. The first-order chi connectivity index (χ1) is 8.52. The zero-order valence-electron chi connectivity index (χ0n) is 11.3. The van der Waals surface area contributed by atoms with Gasteiger partial charge in [0.25, 0.3) is 0 Å². The maximum atomic E-state index is 12.1. The minimum absolute atomic E-state index is 0.492. The first kappa shape index (κ1) is 18.0. The first-order valence-electron chi connectivity index (χ1n) is 6.35. The Balaban J connectivity index is 4.49. The van der Waals surface area contributed by atoms with Crippen LogP contribution in [-0.4, -0.2) is 24.4 Å². The van der Waals surface area contributed by atoms with Gasteiger partial charge >= 0.3 is 7.82 Å². The molecule has 0 aromatic rings. The molecule has 18 heavy (non-hydrogen) atoms. The molecule has 0 heterocycles. The Bertz CT molecular complexity index is 244. The third-order valence-electron chi connectivity index (χ3n) is 2.68. The van der Waals surface area contributed by atoms with Crippen LogP contribution < -0.4 is 0 Å². The minimum atomic E-state index is -4.19. The second-order valence-electron chi connectivity index (χ2n) is 4.19. The number of unbranched alkanes of at least 4 members (excludes halogenated alkanes) is 2. The lowest BCUT2D eigenvalue weighted by Gasteiger charge is -2.24. The van der Waals surface area contributed by atoms with Gasteiger partial charge in [0.05, 0.1) is 12.2 Å². The summed E-state index contributed by atoms with van der Waals surface area (Å²) in [5.41, 5.74) is 0. The minimum Gasteiger partial charge on any atom is -0.390 e. The molecule has 3 unspecified atom stereocenters. The molecular weight excluding hydrogens is 262 g/mol. The van der Waals surface area contributed by atoms with E-state index < -0.39 is 20.0 Å². The van der Waals surface area contributed by atoms with Gasteiger partial charge in [-0.2, -0.15) is 0 Å². The highest BCUT2D eigenvalue weighted by atomic mass is 31.2. The standard InChI is InChI=1S/C11H24FO5P/c1-4-6-7-9-11(10(13)8-5-2)16-18(14,15-3)17-12/h10-11,13H,4-9H2,1-3H3. The number of phosphoric ester groups is 1. The summed E-state index contributed by atoms with van der Waals surface area (Å²) < 4.78 is 36.3. The lowest BCUT2D eigenvalue weighted by molar-refractivity contribution is -0.0772. The van der Waals surface area contributed by atoms with E-state index in [4.69, 9.17) is 4.52 Å². The van der Waals surface area contributed by atoms with Crippen molar-refractivity contribution in [2.24, 2.45) is 0 Å². The summed E-state index contributed by atoms with van der Waals surface area (Å²) in [4.78, 5) is 0. The molecule has 1 N–H and O–H groups in total. The van der Waals surface area contributed by atoms with E-state index in [0.717, 1.165) is 32.8 Å². The summed E-state index contributed by atoms with van der Waals surface area (Å²) in [7, 11) is -3.15. The van der Waals surface area contributed by atoms with Gasteiger partial charge < -0.3 is 5.11 Å². The molecule has 0 aromatic heterocycles. The highest BCUT2D eigenvalue weighted by Gasteiger charge is 2.33. The molecule has 0 aromatic carbocycles. The normalized spacial score (nSPS) is 18.3. The molecule has 0 radical (unpaired) electrons. The van der Waals surface area contributed by atoms with Gasteiger partial charge in [-0.1, -0.05) is 44.3 Å². The monoisotopic (exact) mass is 286 g/mol. The fourth-order valence-corrected chi connectivity index (χ4v) is 2.40. The largest absolute Gasteiger partial charge is 0.506 e. The molecule has 7 heteroatoms. The zero-order chi connectivity index (χ0) is 14.0. The van der Waals surface area contributed by atoms with E-state index >= 15 is 0 Å². The average molecular weight is 286 g/mol. The Hall–Kier alpha value is -0.0000000000000000208. The van der Waals surface area contributed by atoms with E-state index in [1.54, 1.807) is 0 Å². The van der Waals surface area contributed by atoms with Gasteiger partial charge in [-0.05, 0) is 17.4 Å². The maximum absolute atomic E-state index is 12.1. The topological polar surface area (TPSA) is 65.0 Å². The highest BCUT2D eigenvalue weighted by molar-refractivity contribution is 7.48. The molecule has 0 saturated carbocycles. The van der Waals surface area contributed by atoms with Gasteiger partial charge in [0.15, 0.2) is 0 Å².